The summed E-state index contributed by atoms with van der Waals surface area (Å²) in [6.07, 6.45) is 0. The molecule has 23 heavy (non-hydrogen) atoms. The zero-order valence-corrected chi connectivity index (χ0v) is 14.5. The minimum absolute atomic E-state index is 0.183. The number of carbonyl (C=O) groups is 1. The first-order valence-electron chi connectivity index (χ1n) is 7.80. The maximum Gasteiger partial charge on any atom is 0.137 e. The minimum Gasteiger partial charge on any atom is -0.544 e. The second kappa shape index (κ2) is 8.08. The van der Waals surface area contributed by atoms with Gasteiger partial charge in [0.05, 0.1) is 29.6 Å². The molecule has 0 aliphatic carbocycles. The third kappa shape index (κ3) is 4.53. The standard InChI is InChI=1S/C17H22N2O3S/c1-4-19(5-2)10-11-22-14-8-6-13(7-9-14)16-18-12(3)15(23-16)17(20)21/h6-9H,4-5,10-11H2,1-3H3,(H,20,21). The van der Waals surface area contributed by atoms with E-state index in [0.29, 0.717) is 17.3 Å². The van der Waals surface area contributed by atoms with Gasteiger partial charge in [-0.25, -0.2) is 4.98 Å². The van der Waals surface area contributed by atoms with Crippen LogP contribution in [0.15, 0.2) is 24.3 Å². The number of rotatable bonds is 8. The number of carboxylic acids is 1. The van der Waals surface area contributed by atoms with Crippen LogP contribution in [-0.4, -0.2) is 37.2 Å². The highest BCUT2D eigenvalue weighted by Gasteiger charge is 2.10. The Hall–Kier alpha value is -1.92. The average molecular weight is 334 g/mol. The summed E-state index contributed by atoms with van der Waals surface area (Å²) in [5, 5.41) is 11.7. The topological polar surface area (TPSA) is 66.7 Å². The average Bonchev–Trinajstić information content (AvgIpc) is 2.94. The van der Waals surface area contributed by atoms with Gasteiger partial charge < -0.3 is 19.5 Å². The van der Waals surface area contributed by atoms with Crippen LogP contribution in [0.1, 0.15) is 29.2 Å². The number of quaternary nitrogens is 1. The molecule has 0 saturated carbocycles. The molecule has 1 N–H and O–H groups in total. The predicted molar refractivity (Wildman–Crippen MR) is 89.0 cm³/mol. The Morgan fingerprint density at radius 3 is 2.43 bits per heavy atom. The van der Waals surface area contributed by atoms with Gasteiger partial charge in [-0.05, 0) is 45.0 Å². The molecule has 0 radical (unpaired) electrons. The Balaban J connectivity index is 1.99. The second-order valence-electron chi connectivity index (χ2n) is 5.30. The van der Waals surface area contributed by atoms with E-state index in [4.69, 9.17) is 4.74 Å². The summed E-state index contributed by atoms with van der Waals surface area (Å²) < 4.78 is 5.76. The smallest absolute Gasteiger partial charge is 0.137 e. The van der Waals surface area contributed by atoms with E-state index in [1.165, 1.54) is 4.90 Å². The van der Waals surface area contributed by atoms with Gasteiger partial charge in [-0.3, -0.25) is 0 Å². The number of carboxylic acid groups (broad SMARTS) is 1. The Labute approximate surface area is 140 Å². The monoisotopic (exact) mass is 334 g/mol. The highest BCUT2D eigenvalue weighted by atomic mass is 32.1. The molecule has 1 aromatic heterocycles. The molecule has 0 aliphatic heterocycles. The molecule has 0 atom stereocenters. The highest BCUT2D eigenvalue weighted by Crippen LogP contribution is 2.28. The Kier molecular flexibility index (Phi) is 6.12. The highest BCUT2D eigenvalue weighted by molar-refractivity contribution is 7.17. The van der Waals surface area contributed by atoms with Crippen LogP contribution in [0.2, 0.25) is 0 Å². The van der Waals surface area contributed by atoms with Crippen molar-refractivity contribution in [3.8, 4) is 16.3 Å². The van der Waals surface area contributed by atoms with Gasteiger partial charge in [-0.1, -0.05) is 0 Å². The van der Waals surface area contributed by atoms with Crippen LogP contribution in [0.25, 0.3) is 10.6 Å². The lowest BCUT2D eigenvalue weighted by Gasteiger charge is -2.15. The van der Waals surface area contributed by atoms with Crippen LogP contribution < -0.4 is 14.7 Å². The fraction of sp³-hybridized carbons (Fsp3) is 0.412. The normalized spacial score (nSPS) is 11.0. The van der Waals surface area contributed by atoms with E-state index in [2.05, 4.69) is 18.8 Å². The number of nitrogens with zero attached hydrogens (tertiary/aromatic N) is 1. The number of aromatic nitrogens is 1. The number of nitrogens with one attached hydrogen (secondary N) is 1. The van der Waals surface area contributed by atoms with Crippen molar-refractivity contribution in [2.45, 2.75) is 20.8 Å². The van der Waals surface area contributed by atoms with E-state index in [-0.39, 0.29) is 4.88 Å². The lowest BCUT2D eigenvalue weighted by Crippen LogP contribution is -3.12. The number of ether oxygens (including phenoxy) is 1. The van der Waals surface area contributed by atoms with Crippen molar-refractivity contribution in [3.05, 3.63) is 34.8 Å². The van der Waals surface area contributed by atoms with Crippen LogP contribution in [0, 0.1) is 6.92 Å². The maximum absolute atomic E-state index is 11.0. The molecular weight excluding hydrogens is 312 g/mol. The first-order valence-corrected chi connectivity index (χ1v) is 8.62. The zero-order chi connectivity index (χ0) is 16.8. The van der Waals surface area contributed by atoms with Gasteiger partial charge in [-0.2, -0.15) is 0 Å². The summed E-state index contributed by atoms with van der Waals surface area (Å²) in [6.45, 7) is 9.89. The number of aryl methyl sites for hydroxylation is 1. The Morgan fingerprint density at radius 2 is 1.91 bits per heavy atom. The van der Waals surface area contributed by atoms with Gasteiger partial charge in [0.25, 0.3) is 0 Å². The molecule has 2 aromatic rings. The molecule has 6 heteroatoms. The Morgan fingerprint density at radius 1 is 1.26 bits per heavy atom. The van der Waals surface area contributed by atoms with E-state index < -0.39 is 5.97 Å². The van der Waals surface area contributed by atoms with Gasteiger partial charge in [0.2, 0.25) is 0 Å². The van der Waals surface area contributed by atoms with Crippen molar-refractivity contribution in [3.63, 3.8) is 0 Å². The summed E-state index contributed by atoms with van der Waals surface area (Å²) in [4.78, 5) is 17.0. The zero-order valence-electron chi connectivity index (χ0n) is 13.7. The van der Waals surface area contributed by atoms with Crippen LogP contribution in [0.3, 0.4) is 0 Å². The summed E-state index contributed by atoms with van der Waals surface area (Å²) in [5.74, 6) is -0.362. The lowest BCUT2D eigenvalue weighted by molar-refractivity contribution is -0.896. The number of thiazole rings is 1. The van der Waals surface area contributed by atoms with Crippen molar-refractivity contribution >= 4 is 17.3 Å². The minimum atomic E-state index is -1.18. The fourth-order valence-electron chi connectivity index (χ4n) is 2.32. The molecule has 0 spiro atoms. The first kappa shape index (κ1) is 17.4. The number of benzene rings is 1. The van der Waals surface area contributed by atoms with Gasteiger partial charge in [0.15, 0.2) is 0 Å². The molecule has 0 amide bonds. The third-order valence-corrected chi connectivity index (χ3v) is 4.99. The molecule has 0 saturated heterocycles. The van der Waals surface area contributed by atoms with Crippen LogP contribution in [0.5, 0.6) is 5.75 Å². The molecule has 0 bridgehead atoms. The Bertz CT molecular complexity index is 648. The van der Waals surface area contributed by atoms with Crippen LogP contribution in [-0.2, 0) is 0 Å². The van der Waals surface area contributed by atoms with Gasteiger partial charge >= 0.3 is 0 Å². The molecule has 0 aliphatic rings. The largest absolute Gasteiger partial charge is 0.544 e. The van der Waals surface area contributed by atoms with E-state index in [0.717, 1.165) is 42.3 Å². The third-order valence-electron chi connectivity index (χ3n) is 3.81. The van der Waals surface area contributed by atoms with E-state index in [1.54, 1.807) is 6.92 Å². The molecule has 2 rings (SSSR count). The summed E-state index contributed by atoms with van der Waals surface area (Å²) >= 11 is 1.14. The number of hydrogen-bond acceptors (Lipinski definition) is 5. The fourth-order valence-corrected chi connectivity index (χ4v) is 3.23. The lowest BCUT2D eigenvalue weighted by atomic mass is 10.2. The van der Waals surface area contributed by atoms with Crippen LogP contribution in [0.4, 0.5) is 0 Å². The summed E-state index contributed by atoms with van der Waals surface area (Å²) in [7, 11) is 0. The first-order chi connectivity index (χ1) is 11.0. The van der Waals surface area contributed by atoms with Crippen molar-refractivity contribution < 1.29 is 19.5 Å². The molecule has 0 fully saturated rings. The number of aromatic carboxylic acids is 1. The van der Waals surface area contributed by atoms with Crippen molar-refractivity contribution in [1.29, 1.82) is 0 Å². The van der Waals surface area contributed by atoms with E-state index >= 15 is 0 Å². The molecule has 1 aromatic carbocycles. The van der Waals surface area contributed by atoms with Crippen molar-refractivity contribution in [2.75, 3.05) is 26.2 Å². The molecule has 5 nitrogen and oxygen atoms in total. The summed E-state index contributed by atoms with van der Waals surface area (Å²) in [5.41, 5.74) is 1.37. The molecule has 124 valence electrons. The molecule has 1 heterocycles. The number of carbonyl (C=O) groups excluding carboxylic acids is 1. The predicted octanol–water partition coefficient (Wildman–Crippen LogP) is 0.786. The maximum atomic E-state index is 11.0. The van der Waals surface area contributed by atoms with E-state index in [1.807, 2.05) is 24.3 Å². The van der Waals surface area contributed by atoms with Gasteiger partial charge in [0.1, 0.15) is 23.9 Å². The number of hydrogen-bond donors (Lipinski definition) is 1. The SMILES string of the molecule is CC[NH+](CC)CCOc1ccc(-c2nc(C)c(C(=O)[O-])s2)cc1. The van der Waals surface area contributed by atoms with Crippen LogP contribution >= 0.6 is 11.3 Å². The van der Waals surface area contributed by atoms with E-state index in [9.17, 15) is 9.90 Å². The molecule has 0 unspecified atom stereocenters. The second-order valence-corrected chi connectivity index (χ2v) is 6.30. The van der Waals surface area contributed by atoms with Gasteiger partial charge in [-0.15, -0.1) is 11.3 Å². The molecular formula is C17H22N2O3S. The summed E-state index contributed by atoms with van der Waals surface area (Å²) in [6, 6.07) is 7.58. The van der Waals surface area contributed by atoms with Crippen molar-refractivity contribution in [2.24, 2.45) is 0 Å². The number of likely N-dealkylation sites (N-methyl/N-ethyl adjacent to an activating group) is 1. The van der Waals surface area contributed by atoms with Gasteiger partial charge in [0, 0.05) is 5.56 Å². The van der Waals surface area contributed by atoms with Crippen molar-refractivity contribution in [1.82, 2.24) is 4.98 Å². The quantitative estimate of drug-likeness (QED) is 0.775.